The third-order valence-corrected chi connectivity index (χ3v) is 3.06. The molecule has 0 bridgehead atoms. The molecular weight excluding hydrogens is 208 g/mol. The lowest BCUT2D eigenvalue weighted by Crippen LogP contribution is -2.04. The van der Waals surface area contributed by atoms with Gasteiger partial charge in [0.1, 0.15) is 5.82 Å². The highest BCUT2D eigenvalue weighted by Gasteiger charge is 2.08. The Balaban J connectivity index is 2.49. The van der Waals surface area contributed by atoms with Crippen LogP contribution in [0.3, 0.4) is 0 Å². The molecule has 4 nitrogen and oxygen atoms in total. The van der Waals surface area contributed by atoms with Crippen LogP contribution in [-0.2, 0) is 13.0 Å². The molecule has 1 aromatic heterocycles. The maximum absolute atomic E-state index is 5.45. The first-order valence-electron chi connectivity index (χ1n) is 5.49. The molecule has 1 aromatic rings. The minimum atomic E-state index is 0.788. The van der Waals surface area contributed by atoms with Crippen molar-refractivity contribution in [2.45, 2.75) is 44.3 Å². The second-order valence-corrected chi connectivity index (χ2v) is 4.22. The van der Waals surface area contributed by atoms with E-state index in [0.717, 1.165) is 43.3 Å². The summed E-state index contributed by atoms with van der Waals surface area (Å²) in [6.07, 6.45) is 6.50. The van der Waals surface area contributed by atoms with Crippen molar-refractivity contribution in [2.75, 3.05) is 12.8 Å². The van der Waals surface area contributed by atoms with Gasteiger partial charge in [0.2, 0.25) is 0 Å². The molecule has 0 saturated heterocycles. The number of thioether (sulfide) groups is 1. The molecule has 0 amide bonds. The number of hydrogen-bond acceptors (Lipinski definition) is 4. The van der Waals surface area contributed by atoms with E-state index in [1.807, 2.05) is 6.26 Å². The molecule has 0 saturated carbocycles. The molecule has 1 heterocycles. The Kier molecular flexibility index (Phi) is 5.71. The Hall–Kier alpha value is -0.550. The molecule has 0 aliphatic rings. The fourth-order valence-electron chi connectivity index (χ4n) is 1.58. The zero-order valence-corrected chi connectivity index (χ0v) is 10.4. The van der Waals surface area contributed by atoms with Crippen LogP contribution in [0.5, 0.6) is 0 Å². The van der Waals surface area contributed by atoms with E-state index >= 15 is 0 Å². The number of unbranched alkanes of at least 4 members (excludes halogenated alkanes) is 2. The fourth-order valence-corrected chi connectivity index (χ4v) is 2.15. The molecule has 0 fully saturated rings. The fraction of sp³-hybridized carbons (Fsp3) is 0.800. The van der Waals surface area contributed by atoms with Crippen molar-refractivity contribution in [1.82, 2.24) is 14.8 Å². The predicted octanol–water partition coefficient (Wildman–Crippen LogP) is 1.69. The van der Waals surface area contributed by atoms with Crippen molar-refractivity contribution < 1.29 is 0 Å². The van der Waals surface area contributed by atoms with Crippen LogP contribution in [0.15, 0.2) is 5.16 Å². The highest BCUT2D eigenvalue weighted by atomic mass is 32.2. The second kappa shape index (κ2) is 6.85. The van der Waals surface area contributed by atoms with E-state index in [9.17, 15) is 0 Å². The molecule has 1 rings (SSSR count). The molecule has 0 radical (unpaired) electrons. The van der Waals surface area contributed by atoms with Gasteiger partial charge in [0, 0.05) is 13.0 Å². The van der Waals surface area contributed by atoms with E-state index < -0.39 is 0 Å². The monoisotopic (exact) mass is 228 g/mol. The van der Waals surface area contributed by atoms with Gasteiger partial charge in [-0.1, -0.05) is 18.2 Å². The van der Waals surface area contributed by atoms with E-state index in [2.05, 4.69) is 21.7 Å². The van der Waals surface area contributed by atoms with Crippen molar-refractivity contribution in [3.05, 3.63) is 5.82 Å². The Morgan fingerprint density at radius 1 is 1.27 bits per heavy atom. The van der Waals surface area contributed by atoms with Crippen molar-refractivity contribution >= 4 is 11.8 Å². The molecule has 0 atom stereocenters. The van der Waals surface area contributed by atoms with Crippen molar-refractivity contribution in [2.24, 2.45) is 5.73 Å². The number of nitrogens with two attached hydrogens (primary N) is 1. The average molecular weight is 228 g/mol. The van der Waals surface area contributed by atoms with Gasteiger partial charge >= 0.3 is 0 Å². The summed E-state index contributed by atoms with van der Waals surface area (Å²) in [5, 5.41) is 9.39. The van der Waals surface area contributed by atoms with Crippen LogP contribution < -0.4 is 5.73 Å². The molecule has 0 aromatic carbocycles. The second-order valence-electron chi connectivity index (χ2n) is 3.45. The van der Waals surface area contributed by atoms with E-state index in [-0.39, 0.29) is 0 Å². The molecule has 0 spiro atoms. The average Bonchev–Trinajstić information content (AvgIpc) is 2.66. The predicted molar refractivity (Wildman–Crippen MR) is 64.1 cm³/mol. The Bertz CT molecular complexity index is 285. The highest BCUT2D eigenvalue weighted by Crippen LogP contribution is 2.14. The quantitative estimate of drug-likeness (QED) is 0.570. The highest BCUT2D eigenvalue weighted by molar-refractivity contribution is 7.98. The van der Waals surface area contributed by atoms with Crippen LogP contribution in [0.4, 0.5) is 0 Å². The van der Waals surface area contributed by atoms with E-state index in [1.54, 1.807) is 11.8 Å². The van der Waals surface area contributed by atoms with Crippen LogP contribution in [-0.4, -0.2) is 27.6 Å². The Morgan fingerprint density at radius 3 is 2.67 bits per heavy atom. The van der Waals surface area contributed by atoms with Crippen LogP contribution in [0.2, 0.25) is 0 Å². The topological polar surface area (TPSA) is 56.7 Å². The minimum absolute atomic E-state index is 0.788. The maximum atomic E-state index is 5.45. The number of aryl methyl sites for hydroxylation is 1. The molecular formula is C10H20N4S. The lowest BCUT2D eigenvalue weighted by atomic mass is 10.2. The molecule has 15 heavy (non-hydrogen) atoms. The molecule has 0 unspecified atom stereocenters. The third-order valence-electron chi connectivity index (χ3n) is 2.40. The van der Waals surface area contributed by atoms with Crippen LogP contribution in [0.1, 0.15) is 32.0 Å². The standard InChI is InChI=1S/C10H20N4S/c1-3-14-9(7-5-4-6-8-11)12-13-10(14)15-2/h3-8,11H2,1-2H3. The van der Waals surface area contributed by atoms with Gasteiger partial charge in [0.15, 0.2) is 5.16 Å². The first-order valence-corrected chi connectivity index (χ1v) is 6.72. The summed E-state index contributed by atoms with van der Waals surface area (Å²) in [6.45, 7) is 3.87. The van der Waals surface area contributed by atoms with Gasteiger partial charge in [-0.15, -0.1) is 10.2 Å². The zero-order chi connectivity index (χ0) is 11.1. The summed E-state index contributed by atoms with van der Waals surface area (Å²) in [6, 6.07) is 0. The molecule has 86 valence electrons. The normalized spacial score (nSPS) is 10.9. The first-order chi connectivity index (χ1) is 7.33. The van der Waals surface area contributed by atoms with Gasteiger partial charge in [-0.25, -0.2) is 0 Å². The van der Waals surface area contributed by atoms with Crippen LogP contribution >= 0.6 is 11.8 Å². The number of hydrogen-bond donors (Lipinski definition) is 1. The van der Waals surface area contributed by atoms with Crippen molar-refractivity contribution in [3.8, 4) is 0 Å². The van der Waals surface area contributed by atoms with Gasteiger partial charge < -0.3 is 10.3 Å². The van der Waals surface area contributed by atoms with Gasteiger partial charge in [-0.2, -0.15) is 0 Å². The Labute approximate surface area is 95.6 Å². The van der Waals surface area contributed by atoms with Gasteiger partial charge in [-0.05, 0) is 32.6 Å². The van der Waals surface area contributed by atoms with E-state index in [1.165, 1.54) is 6.42 Å². The largest absolute Gasteiger partial charge is 0.330 e. The van der Waals surface area contributed by atoms with Gasteiger partial charge in [-0.3, -0.25) is 0 Å². The third kappa shape index (κ3) is 3.50. The van der Waals surface area contributed by atoms with Gasteiger partial charge in [0.25, 0.3) is 0 Å². The summed E-state index contributed by atoms with van der Waals surface area (Å²) in [4.78, 5) is 0. The van der Waals surface area contributed by atoms with E-state index in [0.29, 0.717) is 0 Å². The molecule has 2 N–H and O–H groups in total. The van der Waals surface area contributed by atoms with Crippen LogP contribution in [0, 0.1) is 0 Å². The molecule has 0 aliphatic carbocycles. The van der Waals surface area contributed by atoms with Crippen LogP contribution in [0.25, 0.3) is 0 Å². The van der Waals surface area contributed by atoms with Crippen molar-refractivity contribution in [3.63, 3.8) is 0 Å². The van der Waals surface area contributed by atoms with Crippen molar-refractivity contribution in [1.29, 1.82) is 0 Å². The number of aromatic nitrogens is 3. The lowest BCUT2D eigenvalue weighted by molar-refractivity contribution is 0.606. The maximum Gasteiger partial charge on any atom is 0.190 e. The summed E-state index contributed by atoms with van der Waals surface area (Å²) in [7, 11) is 0. The SMILES string of the molecule is CCn1c(CCCCCN)nnc1SC. The minimum Gasteiger partial charge on any atom is -0.330 e. The summed E-state index contributed by atoms with van der Waals surface area (Å²) >= 11 is 1.65. The lowest BCUT2D eigenvalue weighted by Gasteiger charge is -2.05. The first kappa shape index (κ1) is 12.5. The number of nitrogens with zero attached hydrogens (tertiary/aromatic N) is 3. The zero-order valence-electron chi connectivity index (χ0n) is 9.57. The summed E-state index contributed by atoms with van der Waals surface area (Å²) in [5.41, 5.74) is 5.45. The van der Waals surface area contributed by atoms with Gasteiger partial charge in [0.05, 0.1) is 0 Å². The molecule has 0 aliphatic heterocycles. The summed E-state index contributed by atoms with van der Waals surface area (Å²) in [5.74, 6) is 1.11. The smallest absolute Gasteiger partial charge is 0.190 e. The number of rotatable bonds is 7. The Morgan fingerprint density at radius 2 is 2.07 bits per heavy atom. The summed E-state index contributed by atoms with van der Waals surface area (Å²) < 4.78 is 2.19. The molecule has 5 heteroatoms. The van der Waals surface area contributed by atoms with E-state index in [4.69, 9.17) is 5.73 Å².